The fourth-order valence-electron chi connectivity index (χ4n) is 3.27. The summed E-state index contributed by atoms with van der Waals surface area (Å²) in [6.45, 7) is 1.71. The van der Waals surface area contributed by atoms with Gasteiger partial charge >= 0.3 is 12.3 Å². The number of halogens is 5. The van der Waals surface area contributed by atoms with Crippen molar-refractivity contribution in [2.24, 2.45) is 0 Å². The SMILES string of the molecule is CCC(COC(=O)Nc1cccc(C(F)(F)F)c1)N1C(=O)CSC1c1ccc(Cl)cc1Cl. The van der Waals surface area contributed by atoms with Gasteiger partial charge in [0, 0.05) is 21.3 Å². The van der Waals surface area contributed by atoms with Gasteiger partial charge in [0.15, 0.2) is 0 Å². The molecule has 3 rings (SSSR count). The van der Waals surface area contributed by atoms with E-state index in [0.29, 0.717) is 16.5 Å². The summed E-state index contributed by atoms with van der Waals surface area (Å²) < 4.78 is 43.8. The van der Waals surface area contributed by atoms with Gasteiger partial charge in [0.1, 0.15) is 12.0 Å². The van der Waals surface area contributed by atoms with Crippen LogP contribution >= 0.6 is 35.0 Å². The Labute approximate surface area is 197 Å². The quantitative estimate of drug-likeness (QED) is 0.478. The third-order valence-electron chi connectivity index (χ3n) is 4.84. The zero-order valence-corrected chi connectivity index (χ0v) is 19.1. The minimum absolute atomic E-state index is 0.0449. The Morgan fingerprint density at radius 2 is 2.03 bits per heavy atom. The lowest BCUT2D eigenvalue weighted by atomic mass is 10.1. The van der Waals surface area contributed by atoms with Gasteiger partial charge in [-0.1, -0.05) is 42.3 Å². The van der Waals surface area contributed by atoms with E-state index in [1.165, 1.54) is 23.9 Å². The number of thioether (sulfide) groups is 1. The fraction of sp³-hybridized carbons (Fsp3) is 0.333. The summed E-state index contributed by atoms with van der Waals surface area (Å²) in [5.41, 5.74) is -0.209. The number of ether oxygens (including phenoxy) is 1. The van der Waals surface area contributed by atoms with E-state index in [4.69, 9.17) is 27.9 Å². The van der Waals surface area contributed by atoms with Crippen molar-refractivity contribution in [3.05, 3.63) is 63.6 Å². The maximum atomic E-state index is 12.8. The summed E-state index contributed by atoms with van der Waals surface area (Å²) in [5, 5.41) is 2.82. The van der Waals surface area contributed by atoms with Gasteiger partial charge in [0.25, 0.3) is 0 Å². The van der Waals surface area contributed by atoms with Crippen LogP contribution in [0.4, 0.5) is 23.7 Å². The van der Waals surface area contributed by atoms with Crippen molar-refractivity contribution >= 4 is 52.7 Å². The van der Waals surface area contributed by atoms with Gasteiger partial charge in [0.2, 0.25) is 5.91 Å². The molecule has 1 saturated heterocycles. The minimum atomic E-state index is -4.53. The molecule has 0 bridgehead atoms. The number of nitrogens with zero attached hydrogens (tertiary/aromatic N) is 1. The molecule has 0 radical (unpaired) electrons. The van der Waals surface area contributed by atoms with Crippen LogP contribution < -0.4 is 5.32 Å². The van der Waals surface area contributed by atoms with Crippen LogP contribution in [-0.4, -0.2) is 35.3 Å². The number of carbonyl (C=O) groups is 2. The standard InChI is InChI=1S/C21H19Cl2F3N2O3S/c1-2-15(10-31-20(30)27-14-5-3-4-12(8-14)21(24,25)26)28-18(29)11-32-19(28)16-7-6-13(22)9-17(16)23/h3-9,15,19H,2,10-11H2,1H3,(H,27,30). The third kappa shape index (κ3) is 5.82. The molecule has 5 nitrogen and oxygen atoms in total. The largest absolute Gasteiger partial charge is 0.447 e. The molecule has 2 aromatic rings. The number of hydrogen-bond donors (Lipinski definition) is 1. The zero-order chi connectivity index (χ0) is 23.5. The summed E-state index contributed by atoms with van der Waals surface area (Å²) >= 11 is 13.7. The molecule has 11 heteroatoms. The first-order valence-corrected chi connectivity index (χ1v) is 11.4. The van der Waals surface area contributed by atoms with Gasteiger partial charge in [-0.15, -0.1) is 11.8 Å². The van der Waals surface area contributed by atoms with Crippen LogP contribution in [0, 0.1) is 0 Å². The second-order valence-electron chi connectivity index (χ2n) is 6.99. The van der Waals surface area contributed by atoms with Crippen LogP contribution in [0.15, 0.2) is 42.5 Å². The van der Waals surface area contributed by atoms with Gasteiger partial charge < -0.3 is 9.64 Å². The van der Waals surface area contributed by atoms with Crippen molar-refractivity contribution in [2.45, 2.75) is 30.9 Å². The normalized spacial score (nSPS) is 17.4. The Hall–Kier alpha value is -2.10. The van der Waals surface area contributed by atoms with Gasteiger partial charge in [-0.3, -0.25) is 10.1 Å². The van der Waals surface area contributed by atoms with Crippen LogP contribution in [0.3, 0.4) is 0 Å². The van der Waals surface area contributed by atoms with Gasteiger partial charge in [-0.05, 0) is 36.8 Å². The smallest absolute Gasteiger partial charge is 0.416 e. The first-order chi connectivity index (χ1) is 15.1. The second-order valence-corrected chi connectivity index (χ2v) is 8.91. The van der Waals surface area contributed by atoms with E-state index in [9.17, 15) is 22.8 Å². The molecule has 2 aromatic carbocycles. The highest BCUT2D eigenvalue weighted by atomic mass is 35.5. The summed E-state index contributed by atoms with van der Waals surface area (Å²) in [4.78, 5) is 26.4. The molecule has 0 spiro atoms. The average Bonchev–Trinajstić information content (AvgIpc) is 3.09. The molecule has 2 atom stereocenters. The molecule has 172 valence electrons. The van der Waals surface area contributed by atoms with E-state index in [2.05, 4.69) is 5.32 Å². The molecule has 1 heterocycles. The van der Waals surface area contributed by atoms with E-state index >= 15 is 0 Å². The highest BCUT2D eigenvalue weighted by molar-refractivity contribution is 8.00. The number of anilines is 1. The molecular weight excluding hydrogens is 488 g/mol. The van der Waals surface area contributed by atoms with Gasteiger partial charge in [-0.25, -0.2) is 4.79 Å². The fourth-order valence-corrected chi connectivity index (χ4v) is 5.13. The Kier molecular flexibility index (Phi) is 7.84. The predicted molar refractivity (Wildman–Crippen MR) is 119 cm³/mol. The number of nitrogens with one attached hydrogen (secondary N) is 1. The van der Waals surface area contributed by atoms with E-state index < -0.39 is 23.9 Å². The molecule has 1 aliphatic heterocycles. The van der Waals surface area contributed by atoms with Crippen molar-refractivity contribution < 1.29 is 27.5 Å². The van der Waals surface area contributed by atoms with E-state index in [1.807, 2.05) is 6.92 Å². The van der Waals surface area contributed by atoms with Gasteiger partial charge in [-0.2, -0.15) is 13.2 Å². The van der Waals surface area contributed by atoms with Gasteiger partial charge in [0.05, 0.1) is 17.4 Å². The lowest BCUT2D eigenvalue weighted by Gasteiger charge is -2.32. The van der Waals surface area contributed by atoms with E-state index in [1.54, 1.807) is 23.1 Å². The van der Waals surface area contributed by atoms with Crippen LogP contribution in [0.2, 0.25) is 10.0 Å². The molecule has 1 aliphatic rings. The van der Waals surface area contributed by atoms with Crippen molar-refractivity contribution in [3.8, 4) is 0 Å². The number of benzene rings is 2. The molecular formula is C21H19Cl2F3N2O3S. The molecule has 2 amide bonds. The third-order valence-corrected chi connectivity index (χ3v) is 6.61. The summed E-state index contributed by atoms with van der Waals surface area (Å²) in [6.07, 6.45) is -4.95. The molecule has 0 aromatic heterocycles. The average molecular weight is 507 g/mol. The number of alkyl halides is 3. The predicted octanol–water partition coefficient (Wildman–Crippen LogP) is 6.61. The highest BCUT2D eigenvalue weighted by Crippen LogP contribution is 2.43. The van der Waals surface area contributed by atoms with Crippen molar-refractivity contribution in [1.29, 1.82) is 0 Å². The molecule has 1 fully saturated rings. The van der Waals surface area contributed by atoms with Crippen LogP contribution in [0.5, 0.6) is 0 Å². The highest BCUT2D eigenvalue weighted by Gasteiger charge is 2.38. The Bertz CT molecular complexity index is 1010. The first-order valence-electron chi connectivity index (χ1n) is 9.59. The topological polar surface area (TPSA) is 58.6 Å². The molecule has 1 N–H and O–H groups in total. The number of rotatable bonds is 6. The molecule has 0 saturated carbocycles. The van der Waals surface area contributed by atoms with Crippen molar-refractivity contribution in [3.63, 3.8) is 0 Å². The Morgan fingerprint density at radius 3 is 2.69 bits per heavy atom. The van der Waals surface area contributed by atoms with Crippen LogP contribution in [0.1, 0.15) is 29.8 Å². The monoisotopic (exact) mass is 506 g/mol. The van der Waals surface area contributed by atoms with E-state index in [0.717, 1.165) is 17.7 Å². The lowest BCUT2D eigenvalue weighted by molar-refractivity contribution is -0.137. The summed E-state index contributed by atoms with van der Waals surface area (Å²) in [7, 11) is 0. The Balaban J connectivity index is 1.67. The van der Waals surface area contributed by atoms with Crippen molar-refractivity contribution in [1.82, 2.24) is 4.90 Å². The molecule has 2 unspecified atom stereocenters. The lowest BCUT2D eigenvalue weighted by Crippen LogP contribution is -2.41. The van der Waals surface area contributed by atoms with Crippen LogP contribution in [-0.2, 0) is 15.7 Å². The van der Waals surface area contributed by atoms with Crippen LogP contribution in [0.25, 0.3) is 0 Å². The number of hydrogen-bond acceptors (Lipinski definition) is 4. The maximum Gasteiger partial charge on any atom is 0.416 e. The van der Waals surface area contributed by atoms with E-state index in [-0.39, 0.29) is 29.3 Å². The maximum absolute atomic E-state index is 12.8. The zero-order valence-electron chi connectivity index (χ0n) is 16.8. The number of carbonyl (C=O) groups excluding carboxylic acids is 2. The number of amides is 2. The Morgan fingerprint density at radius 1 is 1.28 bits per heavy atom. The van der Waals surface area contributed by atoms with Crippen molar-refractivity contribution in [2.75, 3.05) is 17.7 Å². The summed E-state index contributed by atoms with van der Waals surface area (Å²) in [6, 6.07) is 8.83. The molecule has 32 heavy (non-hydrogen) atoms. The molecule has 0 aliphatic carbocycles. The minimum Gasteiger partial charge on any atom is -0.447 e. The first kappa shape index (κ1) is 24.5. The second kappa shape index (κ2) is 10.2. The summed E-state index contributed by atoms with van der Waals surface area (Å²) in [5.74, 6) is 0.121.